The van der Waals surface area contributed by atoms with E-state index in [-0.39, 0.29) is 11.7 Å². The third-order valence-corrected chi connectivity index (χ3v) is 5.61. The van der Waals surface area contributed by atoms with Crippen LogP contribution in [0.3, 0.4) is 0 Å². The Kier molecular flexibility index (Phi) is 5.19. The van der Waals surface area contributed by atoms with Crippen LogP contribution in [0.1, 0.15) is 31.7 Å². The van der Waals surface area contributed by atoms with E-state index in [0.717, 1.165) is 23.0 Å². The van der Waals surface area contributed by atoms with E-state index in [2.05, 4.69) is 52.1 Å². The first-order valence-corrected chi connectivity index (χ1v) is 9.68. The molecule has 3 aromatic heterocycles. The minimum atomic E-state index is -0.454. The summed E-state index contributed by atoms with van der Waals surface area (Å²) in [4.78, 5) is 11.6. The maximum Gasteiger partial charge on any atom is 0.307 e. The van der Waals surface area contributed by atoms with Crippen molar-refractivity contribution in [2.75, 3.05) is 0 Å². The number of nitro groups is 1. The van der Waals surface area contributed by atoms with Gasteiger partial charge in [0.15, 0.2) is 11.0 Å². The fraction of sp³-hybridized carbons (Fsp3) is 0.400. The molecule has 0 aromatic carbocycles. The Morgan fingerprint density at radius 3 is 2.80 bits per heavy atom. The molecule has 0 aliphatic carbocycles. The summed E-state index contributed by atoms with van der Waals surface area (Å²) in [5.74, 6) is 1.28. The maximum atomic E-state index is 10.7. The normalized spacial score (nSPS) is 11.4. The Balaban J connectivity index is 1.82. The Labute approximate surface area is 153 Å². The second-order valence-electron chi connectivity index (χ2n) is 5.69. The van der Waals surface area contributed by atoms with Crippen LogP contribution in [-0.4, -0.2) is 29.5 Å². The molecule has 0 saturated heterocycles. The molecule has 0 aliphatic rings. The van der Waals surface area contributed by atoms with Gasteiger partial charge in [0.2, 0.25) is 0 Å². The van der Waals surface area contributed by atoms with E-state index < -0.39 is 4.92 Å². The molecule has 0 bridgehead atoms. The van der Waals surface area contributed by atoms with Gasteiger partial charge in [0.1, 0.15) is 12.4 Å². The van der Waals surface area contributed by atoms with Gasteiger partial charge in [0, 0.05) is 21.9 Å². The molecule has 0 atom stereocenters. The number of aryl methyl sites for hydroxylation is 1. The average Bonchev–Trinajstić information content (AvgIpc) is 3.30. The van der Waals surface area contributed by atoms with Crippen molar-refractivity contribution in [3.05, 3.63) is 38.8 Å². The van der Waals surface area contributed by atoms with Crippen molar-refractivity contribution in [3.8, 4) is 11.4 Å². The summed E-state index contributed by atoms with van der Waals surface area (Å²) in [6.45, 7) is 6.30. The molecule has 8 nitrogen and oxygen atoms in total. The first-order chi connectivity index (χ1) is 12.0. The quantitative estimate of drug-likeness (QED) is 0.350. The lowest BCUT2D eigenvalue weighted by atomic mass is 10.2. The van der Waals surface area contributed by atoms with Crippen molar-refractivity contribution >= 4 is 28.8 Å². The molecule has 3 aromatic rings. The highest BCUT2D eigenvalue weighted by molar-refractivity contribution is 7.98. The smallest absolute Gasteiger partial charge is 0.299 e. The minimum Gasteiger partial charge on any atom is -0.299 e. The molecule has 25 heavy (non-hydrogen) atoms. The molecule has 0 radical (unpaired) electrons. The van der Waals surface area contributed by atoms with Crippen LogP contribution >= 0.6 is 23.1 Å². The van der Waals surface area contributed by atoms with E-state index in [1.165, 1.54) is 33.7 Å². The molecule has 0 spiro atoms. The molecule has 0 aliphatic heterocycles. The van der Waals surface area contributed by atoms with Gasteiger partial charge in [-0.15, -0.1) is 21.5 Å². The lowest BCUT2D eigenvalue weighted by molar-refractivity contribution is -0.385. The van der Waals surface area contributed by atoms with Gasteiger partial charge < -0.3 is 0 Å². The lowest BCUT2D eigenvalue weighted by Gasteiger charge is -2.13. The zero-order chi connectivity index (χ0) is 18.0. The largest absolute Gasteiger partial charge is 0.307 e. The first-order valence-electron chi connectivity index (χ1n) is 7.82. The van der Waals surface area contributed by atoms with Crippen LogP contribution in [0.25, 0.3) is 11.4 Å². The van der Waals surface area contributed by atoms with Crippen LogP contribution < -0.4 is 0 Å². The number of aromatic nitrogens is 5. The second kappa shape index (κ2) is 7.36. The molecule has 132 valence electrons. The summed E-state index contributed by atoms with van der Waals surface area (Å²) in [6.07, 6.45) is 3.66. The predicted molar refractivity (Wildman–Crippen MR) is 97.8 cm³/mol. The monoisotopic (exact) mass is 378 g/mol. The number of thiophene rings is 1. The van der Waals surface area contributed by atoms with Gasteiger partial charge in [-0.2, -0.15) is 5.10 Å². The van der Waals surface area contributed by atoms with Gasteiger partial charge in [-0.1, -0.05) is 18.7 Å². The molecule has 0 N–H and O–H groups in total. The average molecular weight is 378 g/mol. The molecule has 3 rings (SSSR count). The van der Waals surface area contributed by atoms with E-state index >= 15 is 0 Å². The van der Waals surface area contributed by atoms with Gasteiger partial charge in [-0.3, -0.25) is 19.4 Å². The maximum absolute atomic E-state index is 10.7. The number of rotatable bonds is 7. The van der Waals surface area contributed by atoms with Crippen molar-refractivity contribution < 1.29 is 4.92 Å². The molecule has 10 heteroatoms. The zero-order valence-corrected chi connectivity index (χ0v) is 15.8. The Morgan fingerprint density at radius 2 is 2.20 bits per heavy atom. The van der Waals surface area contributed by atoms with Gasteiger partial charge in [-0.25, -0.2) is 0 Å². The molecule has 0 saturated carbocycles. The summed E-state index contributed by atoms with van der Waals surface area (Å²) in [6, 6.07) is 2.35. The van der Waals surface area contributed by atoms with Crippen molar-refractivity contribution in [1.82, 2.24) is 24.5 Å². The summed E-state index contributed by atoms with van der Waals surface area (Å²) in [5.41, 5.74) is 1.06. The number of hydrogen-bond acceptors (Lipinski definition) is 7. The van der Waals surface area contributed by atoms with Crippen molar-refractivity contribution in [3.63, 3.8) is 0 Å². The fourth-order valence-corrected chi connectivity index (χ4v) is 4.10. The third kappa shape index (κ3) is 3.74. The minimum absolute atomic E-state index is 0.0167. The molecule has 0 amide bonds. The van der Waals surface area contributed by atoms with Crippen LogP contribution in [0, 0.1) is 10.1 Å². The van der Waals surface area contributed by atoms with Gasteiger partial charge in [-0.05, 0) is 26.3 Å². The second-order valence-corrected chi connectivity index (χ2v) is 7.60. The van der Waals surface area contributed by atoms with Crippen molar-refractivity contribution in [1.29, 1.82) is 0 Å². The van der Waals surface area contributed by atoms with Crippen LogP contribution in [-0.2, 0) is 12.3 Å². The van der Waals surface area contributed by atoms with Gasteiger partial charge in [0.05, 0.1) is 10.8 Å². The summed E-state index contributed by atoms with van der Waals surface area (Å²) in [7, 11) is 0. The summed E-state index contributed by atoms with van der Waals surface area (Å²) >= 11 is 3.18. The summed E-state index contributed by atoms with van der Waals surface area (Å²) in [5, 5.41) is 26.3. The van der Waals surface area contributed by atoms with E-state index in [4.69, 9.17) is 0 Å². The Morgan fingerprint density at radius 1 is 1.40 bits per heavy atom. The van der Waals surface area contributed by atoms with Gasteiger partial charge in [0.25, 0.3) is 0 Å². The Bertz CT molecular complexity index is 882. The Hall–Kier alpha value is -2.20. The lowest BCUT2D eigenvalue weighted by Crippen LogP contribution is -2.05. The van der Waals surface area contributed by atoms with Crippen molar-refractivity contribution in [2.24, 2.45) is 0 Å². The molecule has 0 fully saturated rings. The van der Waals surface area contributed by atoms with E-state index in [0.29, 0.717) is 5.88 Å². The first kappa shape index (κ1) is 17.6. The molecular formula is C15H18N6O2S2. The fourth-order valence-electron chi connectivity index (χ4n) is 2.36. The molecule has 0 unspecified atom stereocenters. The highest BCUT2D eigenvalue weighted by Crippen LogP contribution is 2.31. The van der Waals surface area contributed by atoms with Crippen LogP contribution in [0.4, 0.5) is 5.69 Å². The standard InChI is InChI=1S/C15H18N6O2S2/c1-4-13-5-11(8-24-13)14-17-18-15(20(14)10(2)3)25-9-19-7-12(6-16-19)21(22)23/h5-8,10H,4,9H2,1-3H3. The topological polar surface area (TPSA) is 91.7 Å². The van der Waals surface area contributed by atoms with E-state index in [9.17, 15) is 10.1 Å². The summed E-state index contributed by atoms with van der Waals surface area (Å²) < 4.78 is 3.62. The van der Waals surface area contributed by atoms with Crippen LogP contribution in [0.15, 0.2) is 29.0 Å². The highest BCUT2D eigenvalue weighted by atomic mass is 32.2. The number of nitrogens with zero attached hydrogens (tertiary/aromatic N) is 6. The third-order valence-electron chi connectivity index (χ3n) is 3.60. The predicted octanol–water partition coefficient (Wildman–Crippen LogP) is 4.00. The number of hydrogen-bond donors (Lipinski definition) is 0. The SMILES string of the molecule is CCc1cc(-c2nnc(SCn3cc([N+](=O)[O-])cn3)n2C(C)C)cs1. The highest BCUT2D eigenvalue weighted by Gasteiger charge is 2.18. The zero-order valence-electron chi connectivity index (χ0n) is 14.1. The van der Waals surface area contributed by atoms with Gasteiger partial charge >= 0.3 is 5.69 Å². The van der Waals surface area contributed by atoms with Crippen molar-refractivity contribution in [2.45, 2.75) is 44.3 Å². The van der Waals surface area contributed by atoms with E-state index in [1.54, 1.807) is 11.3 Å². The molecule has 3 heterocycles. The van der Waals surface area contributed by atoms with E-state index in [1.807, 2.05) is 0 Å². The van der Waals surface area contributed by atoms with Crippen LogP contribution in [0.5, 0.6) is 0 Å². The van der Waals surface area contributed by atoms with Crippen LogP contribution in [0.2, 0.25) is 0 Å². The molecular weight excluding hydrogens is 360 g/mol. The number of thioether (sulfide) groups is 1.